The number of rotatable bonds is 7. The van der Waals surface area contributed by atoms with Crippen molar-refractivity contribution in [3.8, 4) is 0 Å². The minimum absolute atomic E-state index is 0.431. The Morgan fingerprint density at radius 1 is 1.26 bits per heavy atom. The maximum absolute atomic E-state index is 9.18. The molecule has 0 fully saturated rings. The second-order valence-corrected chi connectivity index (χ2v) is 6.15. The highest BCUT2D eigenvalue weighted by Crippen LogP contribution is 2.32. The van der Waals surface area contributed by atoms with Gasteiger partial charge in [-0.05, 0) is 34.6 Å². The molecule has 27 heavy (non-hydrogen) atoms. The van der Waals surface area contributed by atoms with E-state index < -0.39 is 0 Å². The van der Waals surface area contributed by atoms with Crippen LogP contribution in [0.25, 0.3) is 0 Å². The largest absolute Gasteiger partial charge is 0.468 e. The molecule has 0 aromatic rings. The molecule has 0 saturated carbocycles. The maximum Gasteiger partial charge on any atom is 0.293 e. The van der Waals surface area contributed by atoms with Gasteiger partial charge in [-0.25, -0.2) is 9.98 Å². The Morgan fingerprint density at radius 2 is 1.89 bits per heavy atom. The molecule has 0 unspecified atom stereocenters. The lowest BCUT2D eigenvalue weighted by Crippen LogP contribution is -2.22. The van der Waals surface area contributed by atoms with E-state index in [0.29, 0.717) is 13.1 Å². The normalized spacial score (nSPS) is 17.5. The third-order valence-corrected chi connectivity index (χ3v) is 4.12. The van der Waals surface area contributed by atoms with Crippen LogP contribution in [0.1, 0.15) is 34.6 Å². The SMILES string of the molecule is CCOC=O.C\C=C/N=C1\C(=C(/C)N(C)C)C(N=CN(C)CC)=C(C)N1C. The number of likely N-dealkylation sites (N-methyl/N-ethyl adjacent to an activating group) is 1. The first-order chi connectivity index (χ1) is 12.8. The van der Waals surface area contributed by atoms with E-state index in [0.717, 1.165) is 35.0 Å². The van der Waals surface area contributed by atoms with Crippen molar-refractivity contribution in [2.24, 2.45) is 9.98 Å². The highest BCUT2D eigenvalue weighted by atomic mass is 16.5. The molecule has 0 amide bonds. The summed E-state index contributed by atoms with van der Waals surface area (Å²) >= 11 is 0. The molecule has 7 heteroatoms. The third kappa shape index (κ3) is 7.29. The van der Waals surface area contributed by atoms with E-state index in [1.165, 1.54) is 0 Å². The molecule has 0 aromatic heterocycles. The van der Waals surface area contributed by atoms with E-state index in [4.69, 9.17) is 4.99 Å². The summed E-state index contributed by atoms with van der Waals surface area (Å²) in [6, 6.07) is 0. The molecule has 0 spiro atoms. The van der Waals surface area contributed by atoms with Crippen LogP contribution in [0.15, 0.2) is 44.9 Å². The van der Waals surface area contributed by atoms with Crippen LogP contribution in [-0.2, 0) is 9.53 Å². The minimum atomic E-state index is 0.431. The van der Waals surface area contributed by atoms with E-state index in [-0.39, 0.29) is 0 Å². The molecule has 0 bridgehead atoms. The summed E-state index contributed by atoms with van der Waals surface area (Å²) in [6.45, 7) is 11.9. The topological polar surface area (TPSA) is 60.7 Å². The molecule has 0 N–H and O–H groups in total. The molecule has 0 atom stereocenters. The Hall–Kier alpha value is -2.57. The lowest BCUT2D eigenvalue weighted by molar-refractivity contribution is -0.128. The second kappa shape index (κ2) is 12.7. The molecule has 0 aromatic carbocycles. The van der Waals surface area contributed by atoms with E-state index >= 15 is 0 Å². The maximum atomic E-state index is 9.18. The molecule has 0 radical (unpaired) electrons. The molecule has 1 rings (SSSR count). The first kappa shape index (κ1) is 24.4. The van der Waals surface area contributed by atoms with Crippen LogP contribution in [0.2, 0.25) is 0 Å². The zero-order chi connectivity index (χ0) is 21.0. The predicted octanol–water partition coefficient (Wildman–Crippen LogP) is 3.09. The van der Waals surface area contributed by atoms with Crippen LogP contribution in [-0.4, -0.2) is 74.7 Å². The molecule has 0 aliphatic carbocycles. The number of hydrogen-bond acceptors (Lipinski definition) is 5. The van der Waals surface area contributed by atoms with Crippen molar-refractivity contribution in [3.05, 3.63) is 34.9 Å². The van der Waals surface area contributed by atoms with Gasteiger partial charge in [0.15, 0.2) is 0 Å². The van der Waals surface area contributed by atoms with Crippen LogP contribution in [0, 0.1) is 0 Å². The second-order valence-electron chi connectivity index (χ2n) is 6.15. The Bertz CT molecular complexity index is 630. The highest BCUT2D eigenvalue weighted by Gasteiger charge is 2.30. The third-order valence-electron chi connectivity index (χ3n) is 4.12. The number of aliphatic imine (C=N–C) groups is 2. The van der Waals surface area contributed by atoms with Crippen molar-refractivity contribution in [3.63, 3.8) is 0 Å². The number of carbonyl (C=O) groups excluding carboxylic acids is 1. The molecule has 1 aliphatic rings. The van der Waals surface area contributed by atoms with E-state index in [2.05, 4.69) is 45.2 Å². The Balaban J connectivity index is 0.00000119. The van der Waals surface area contributed by atoms with Crippen LogP contribution < -0.4 is 0 Å². The Kier molecular flexibility index (Phi) is 11.5. The number of hydrogen-bond donors (Lipinski definition) is 0. The van der Waals surface area contributed by atoms with Crippen LogP contribution in [0.4, 0.5) is 0 Å². The fourth-order valence-electron chi connectivity index (χ4n) is 2.09. The van der Waals surface area contributed by atoms with E-state index in [9.17, 15) is 4.79 Å². The number of amidine groups is 1. The quantitative estimate of drug-likeness (QED) is 0.388. The number of carbonyl (C=O) groups is 1. The van der Waals surface area contributed by atoms with Crippen molar-refractivity contribution >= 4 is 18.6 Å². The van der Waals surface area contributed by atoms with Gasteiger partial charge in [-0.2, -0.15) is 0 Å². The van der Waals surface area contributed by atoms with E-state index in [1.807, 2.05) is 53.7 Å². The van der Waals surface area contributed by atoms with Gasteiger partial charge in [-0.3, -0.25) is 4.79 Å². The average molecular weight is 378 g/mol. The molecular formula is C20H35N5O2. The molecule has 0 saturated heterocycles. The highest BCUT2D eigenvalue weighted by molar-refractivity contribution is 6.07. The molecular weight excluding hydrogens is 342 g/mol. The lowest BCUT2D eigenvalue weighted by atomic mass is 10.1. The molecule has 1 heterocycles. The Morgan fingerprint density at radius 3 is 2.30 bits per heavy atom. The summed E-state index contributed by atoms with van der Waals surface area (Å²) in [4.78, 5) is 24.8. The van der Waals surface area contributed by atoms with Crippen LogP contribution in [0.3, 0.4) is 0 Å². The van der Waals surface area contributed by atoms with Crippen molar-refractivity contribution < 1.29 is 9.53 Å². The lowest BCUT2D eigenvalue weighted by Gasteiger charge is -2.19. The predicted molar refractivity (Wildman–Crippen MR) is 114 cm³/mol. The van der Waals surface area contributed by atoms with Crippen molar-refractivity contribution in [2.75, 3.05) is 41.3 Å². The number of ether oxygens (including phenoxy) is 1. The van der Waals surface area contributed by atoms with Gasteiger partial charge < -0.3 is 19.4 Å². The average Bonchev–Trinajstić information content (AvgIpc) is 2.88. The van der Waals surface area contributed by atoms with Crippen molar-refractivity contribution in [1.29, 1.82) is 0 Å². The zero-order valence-corrected chi connectivity index (χ0v) is 18.3. The van der Waals surface area contributed by atoms with E-state index in [1.54, 1.807) is 6.92 Å². The molecule has 7 nitrogen and oxygen atoms in total. The number of nitrogens with zero attached hydrogens (tertiary/aromatic N) is 5. The van der Waals surface area contributed by atoms with Crippen LogP contribution >= 0.6 is 0 Å². The Labute approximate surface area is 164 Å². The molecule has 1 aliphatic heterocycles. The fraction of sp³-hybridized carbons (Fsp3) is 0.550. The monoisotopic (exact) mass is 377 g/mol. The van der Waals surface area contributed by atoms with Gasteiger partial charge in [0, 0.05) is 52.3 Å². The van der Waals surface area contributed by atoms with Gasteiger partial charge >= 0.3 is 0 Å². The summed E-state index contributed by atoms with van der Waals surface area (Å²) in [5.41, 5.74) is 4.33. The summed E-state index contributed by atoms with van der Waals surface area (Å²) < 4.78 is 4.15. The summed E-state index contributed by atoms with van der Waals surface area (Å²) in [6.07, 6.45) is 5.64. The first-order valence-corrected chi connectivity index (χ1v) is 9.08. The summed E-state index contributed by atoms with van der Waals surface area (Å²) in [5.74, 6) is 0.938. The first-order valence-electron chi connectivity index (χ1n) is 9.08. The van der Waals surface area contributed by atoms with Crippen molar-refractivity contribution in [2.45, 2.75) is 34.6 Å². The van der Waals surface area contributed by atoms with Gasteiger partial charge in [0.05, 0.1) is 24.2 Å². The smallest absolute Gasteiger partial charge is 0.293 e. The summed E-state index contributed by atoms with van der Waals surface area (Å²) in [5, 5.41) is 0. The zero-order valence-electron chi connectivity index (χ0n) is 18.3. The summed E-state index contributed by atoms with van der Waals surface area (Å²) in [7, 11) is 8.15. The van der Waals surface area contributed by atoms with Gasteiger partial charge in [0.25, 0.3) is 6.47 Å². The fourth-order valence-corrected chi connectivity index (χ4v) is 2.09. The van der Waals surface area contributed by atoms with Gasteiger partial charge in [0.1, 0.15) is 5.84 Å². The molecule has 152 valence electrons. The minimum Gasteiger partial charge on any atom is -0.468 e. The van der Waals surface area contributed by atoms with Crippen LogP contribution in [0.5, 0.6) is 0 Å². The number of allylic oxidation sites excluding steroid dienone is 3. The van der Waals surface area contributed by atoms with Crippen molar-refractivity contribution in [1.82, 2.24) is 14.7 Å². The standard InChI is InChI=1S/C17H29N5.C3H6O2/c1-9-11-18-17-15(13(3)20(5)6)16(14(4)22(17)8)19-12-21(7)10-2;1-2-5-3-4/h9,11-12H,10H2,1-8H3;3H,2H2,1H3/b11-9-,15-13+,18-17+,19-12?;. The van der Waals surface area contributed by atoms with Gasteiger partial charge in [-0.15, -0.1) is 0 Å². The van der Waals surface area contributed by atoms with Gasteiger partial charge in [0.2, 0.25) is 0 Å². The van der Waals surface area contributed by atoms with Gasteiger partial charge in [-0.1, -0.05) is 6.08 Å².